The van der Waals surface area contributed by atoms with Gasteiger partial charge in [0.1, 0.15) is 6.54 Å². The molecule has 0 atom stereocenters. The molecule has 0 aliphatic heterocycles. The van der Waals surface area contributed by atoms with E-state index in [1.165, 1.54) is 17.1 Å². The van der Waals surface area contributed by atoms with Crippen LogP contribution in [0.5, 0.6) is 0 Å². The van der Waals surface area contributed by atoms with E-state index in [-0.39, 0.29) is 5.56 Å². The third kappa shape index (κ3) is 4.49. The Labute approximate surface area is 123 Å². The molecule has 112 valence electrons. The van der Waals surface area contributed by atoms with E-state index >= 15 is 0 Å². The maximum atomic E-state index is 12.0. The van der Waals surface area contributed by atoms with Crippen molar-refractivity contribution >= 4 is 17.5 Å². The number of nitrogens with zero attached hydrogens (tertiary/aromatic N) is 2. The Balaban J connectivity index is 2.01. The van der Waals surface area contributed by atoms with Crippen LogP contribution in [0.25, 0.3) is 0 Å². The maximum absolute atomic E-state index is 12.0. The normalized spacial score (nSPS) is 11.4. The number of hydrogen-bond donors (Lipinski definition) is 1. The second-order valence-corrected chi connectivity index (χ2v) is 4.72. The summed E-state index contributed by atoms with van der Waals surface area (Å²) in [4.78, 5) is 11.5. The van der Waals surface area contributed by atoms with Crippen molar-refractivity contribution in [1.29, 1.82) is 0 Å². The fourth-order valence-corrected chi connectivity index (χ4v) is 1.85. The van der Waals surface area contributed by atoms with Crippen LogP contribution in [0.1, 0.15) is 15.9 Å². The summed E-state index contributed by atoms with van der Waals surface area (Å²) in [5.41, 5.74) is 0.857. The van der Waals surface area contributed by atoms with Crippen LogP contribution >= 0.6 is 11.6 Å². The van der Waals surface area contributed by atoms with Crippen LogP contribution in [0.2, 0.25) is 5.02 Å². The van der Waals surface area contributed by atoms with E-state index < -0.39 is 18.6 Å². The van der Waals surface area contributed by atoms with E-state index in [0.29, 0.717) is 11.6 Å². The summed E-state index contributed by atoms with van der Waals surface area (Å²) in [5.74, 6) is -0.822. The van der Waals surface area contributed by atoms with Crippen LogP contribution in [0, 0.1) is 0 Å². The van der Waals surface area contributed by atoms with E-state index in [1.54, 1.807) is 23.5 Å². The predicted octanol–water partition coefficient (Wildman–Crippen LogP) is 2.88. The molecule has 0 radical (unpaired) electrons. The summed E-state index contributed by atoms with van der Waals surface area (Å²) in [6.07, 6.45) is -1.86. The van der Waals surface area contributed by atoms with Crippen molar-refractivity contribution in [3.63, 3.8) is 0 Å². The zero-order chi connectivity index (χ0) is 15.5. The summed E-state index contributed by atoms with van der Waals surface area (Å²) in [5, 5.41) is 6.27. The van der Waals surface area contributed by atoms with Gasteiger partial charge in [-0.2, -0.15) is 18.3 Å². The number of halogens is 4. The lowest BCUT2D eigenvalue weighted by Gasteiger charge is -2.06. The minimum Gasteiger partial charge on any atom is -0.343 e. The summed E-state index contributed by atoms with van der Waals surface area (Å²) >= 11 is 6.00. The topological polar surface area (TPSA) is 46.9 Å². The molecule has 1 amide bonds. The summed E-state index contributed by atoms with van der Waals surface area (Å²) in [6.45, 7) is -1.05. The van der Waals surface area contributed by atoms with Gasteiger partial charge in [0.2, 0.25) is 0 Å². The molecule has 8 heteroatoms. The Kier molecular flexibility index (Phi) is 4.52. The number of rotatable bonds is 4. The molecule has 2 aromatic rings. The first kappa shape index (κ1) is 15.4. The van der Waals surface area contributed by atoms with E-state index in [4.69, 9.17) is 11.6 Å². The first-order valence-electron chi connectivity index (χ1n) is 5.96. The lowest BCUT2D eigenvalue weighted by Crippen LogP contribution is -2.33. The second-order valence-electron chi connectivity index (χ2n) is 4.32. The highest BCUT2D eigenvalue weighted by Gasteiger charge is 2.28. The molecular weight excluding hydrogens is 307 g/mol. The highest BCUT2D eigenvalue weighted by molar-refractivity contribution is 6.31. The standard InChI is InChI=1S/C13H11ClF3N3O/c14-11-4-2-1-3-9(11)6-20-7-10(5-19-20)12(21)18-8-13(15,16)17/h1-5,7H,6,8H2,(H,18,21). The van der Waals surface area contributed by atoms with Crippen LogP contribution < -0.4 is 5.32 Å². The third-order valence-corrected chi connectivity index (χ3v) is 3.00. The van der Waals surface area contributed by atoms with Gasteiger partial charge < -0.3 is 5.32 Å². The molecule has 0 spiro atoms. The van der Waals surface area contributed by atoms with Gasteiger partial charge in [-0.25, -0.2) is 0 Å². The molecule has 1 aromatic heterocycles. The monoisotopic (exact) mass is 317 g/mol. The number of amides is 1. The van der Waals surface area contributed by atoms with Crippen LogP contribution in [0.3, 0.4) is 0 Å². The van der Waals surface area contributed by atoms with Gasteiger partial charge in [0.15, 0.2) is 0 Å². The molecule has 0 fully saturated rings. The fraction of sp³-hybridized carbons (Fsp3) is 0.231. The fourth-order valence-electron chi connectivity index (χ4n) is 1.65. The van der Waals surface area contributed by atoms with Crippen LogP contribution in [0.4, 0.5) is 13.2 Å². The van der Waals surface area contributed by atoms with Crippen molar-refractivity contribution in [3.8, 4) is 0 Å². The molecule has 1 aromatic carbocycles. The van der Waals surface area contributed by atoms with E-state index in [2.05, 4.69) is 5.10 Å². The van der Waals surface area contributed by atoms with Crippen molar-refractivity contribution < 1.29 is 18.0 Å². The minimum absolute atomic E-state index is 0.0614. The lowest BCUT2D eigenvalue weighted by molar-refractivity contribution is -0.123. The average molecular weight is 318 g/mol. The van der Waals surface area contributed by atoms with Gasteiger partial charge in [-0.1, -0.05) is 29.8 Å². The van der Waals surface area contributed by atoms with Crippen molar-refractivity contribution in [2.75, 3.05) is 6.54 Å². The van der Waals surface area contributed by atoms with Gasteiger partial charge in [-0.15, -0.1) is 0 Å². The average Bonchev–Trinajstić information content (AvgIpc) is 2.86. The molecular formula is C13H11ClF3N3O. The molecule has 0 saturated heterocycles. The van der Waals surface area contributed by atoms with Gasteiger partial charge in [-0.3, -0.25) is 9.48 Å². The molecule has 21 heavy (non-hydrogen) atoms. The van der Waals surface area contributed by atoms with Crippen molar-refractivity contribution in [2.45, 2.75) is 12.7 Å². The van der Waals surface area contributed by atoms with Crippen molar-refractivity contribution in [3.05, 3.63) is 52.8 Å². The van der Waals surface area contributed by atoms with Gasteiger partial charge in [0.25, 0.3) is 5.91 Å². The van der Waals surface area contributed by atoms with E-state index in [0.717, 1.165) is 5.56 Å². The quantitative estimate of drug-likeness (QED) is 0.942. The Bertz CT molecular complexity index is 640. The highest BCUT2D eigenvalue weighted by atomic mass is 35.5. The Morgan fingerprint density at radius 2 is 2.05 bits per heavy atom. The van der Waals surface area contributed by atoms with Crippen LogP contribution in [-0.4, -0.2) is 28.4 Å². The molecule has 4 nitrogen and oxygen atoms in total. The number of carbonyl (C=O) groups is 1. The van der Waals surface area contributed by atoms with Gasteiger partial charge >= 0.3 is 6.18 Å². The number of alkyl halides is 3. The Morgan fingerprint density at radius 1 is 1.33 bits per heavy atom. The zero-order valence-electron chi connectivity index (χ0n) is 10.7. The number of carbonyl (C=O) groups excluding carboxylic acids is 1. The SMILES string of the molecule is O=C(NCC(F)(F)F)c1cnn(Cc2ccccc2Cl)c1. The summed E-state index contributed by atoms with van der Waals surface area (Å²) < 4.78 is 37.5. The number of benzene rings is 1. The molecule has 2 rings (SSSR count). The minimum atomic E-state index is -4.44. The van der Waals surface area contributed by atoms with Gasteiger partial charge in [0.05, 0.1) is 18.3 Å². The maximum Gasteiger partial charge on any atom is 0.405 e. The van der Waals surface area contributed by atoms with Crippen molar-refractivity contribution in [2.24, 2.45) is 0 Å². The summed E-state index contributed by atoms with van der Waals surface area (Å²) in [6, 6.07) is 7.11. The number of aromatic nitrogens is 2. The van der Waals surface area contributed by atoms with Gasteiger partial charge in [-0.05, 0) is 11.6 Å². The molecule has 0 aliphatic rings. The third-order valence-electron chi connectivity index (χ3n) is 2.64. The molecule has 0 bridgehead atoms. The second kappa shape index (κ2) is 6.17. The highest BCUT2D eigenvalue weighted by Crippen LogP contribution is 2.16. The zero-order valence-corrected chi connectivity index (χ0v) is 11.4. The summed E-state index contributed by atoms with van der Waals surface area (Å²) in [7, 11) is 0. The number of nitrogens with one attached hydrogen (secondary N) is 1. The van der Waals surface area contributed by atoms with Gasteiger partial charge in [0, 0.05) is 11.2 Å². The predicted molar refractivity (Wildman–Crippen MR) is 71.2 cm³/mol. The largest absolute Gasteiger partial charge is 0.405 e. The smallest absolute Gasteiger partial charge is 0.343 e. The first-order valence-corrected chi connectivity index (χ1v) is 6.34. The van der Waals surface area contributed by atoms with Crippen molar-refractivity contribution in [1.82, 2.24) is 15.1 Å². The molecule has 1 N–H and O–H groups in total. The van der Waals surface area contributed by atoms with E-state index in [9.17, 15) is 18.0 Å². The molecule has 0 aliphatic carbocycles. The van der Waals surface area contributed by atoms with E-state index in [1.807, 2.05) is 6.07 Å². The van der Waals surface area contributed by atoms with Crippen LogP contribution in [0.15, 0.2) is 36.7 Å². The lowest BCUT2D eigenvalue weighted by atomic mass is 10.2. The Hall–Kier alpha value is -2.02. The van der Waals surface area contributed by atoms with Crippen LogP contribution in [-0.2, 0) is 6.54 Å². The number of hydrogen-bond acceptors (Lipinski definition) is 2. The Morgan fingerprint density at radius 3 is 2.71 bits per heavy atom. The molecule has 0 unspecified atom stereocenters. The molecule has 1 heterocycles. The molecule has 0 saturated carbocycles. The first-order chi connectivity index (χ1) is 9.85.